The third-order valence-electron chi connectivity index (χ3n) is 6.64. The van der Waals surface area contributed by atoms with Crippen molar-refractivity contribution in [1.82, 2.24) is 20.1 Å². The SMILES string of the molecule is CN/C1=C(\C=N)Cc2nn(COCC[Si](C)(C)C)c(C#N)c2-c2cnc(N)c(c2)OC(C)c2cc(F)ccc21. The number of anilines is 1. The van der Waals surface area contributed by atoms with Gasteiger partial charge in [0.05, 0.1) is 5.69 Å². The monoisotopic (exact) mass is 547 g/mol. The fourth-order valence-corrected chi connectivity index (χ4v) is 5.33. The predicted molar refractivity (Wildman–Crippen MR) is 153 cm³/mol. The Hall–Kier alpha value is -4.01. The van der Waals surface area contributed by atoms with E-state index in [0.717, 1.165) is 6.04 Å². The quantitative estimate of drug-likeness (QED) is 0.212. The largest absolute Gasteiger partial charge is 0.482 e. The number of allylic oxidation sites excluding steroid dienone is 1. The second kappa shape index (κ2) is 11.4. The first-order valence-corrected chi connectivity index (χ1v) is 16.5. The third kappa shape index (κ3) is 6.02. The van der Waals surface area contributed by atoms with Crippen LogP contribution in [0.4, 0.5) is 10.2 Å². The molecule has 0 aliphatic carbocycles. The van der Waals surface area contributed by atoms with Crippen LogP contribution in [0.1, 0.15) is 35.5 Å². The van der Waals surface area contributed by atoms with Crippen molar-refractivity contribution in [1.29, 1.82) is 10.7 Å². The number of halogens is 1. The van der Waals surface area contributed by atoms with E-state index in [1.807, 2.05) is 0 Å². The Balaban J connectivity index is 1.92. The number of benzene rings is 1. The van der Waals surface area contributed by atoms with Crippen molar-refractivity contribution in [3.8, 4) is 22.9 Å². The molecular weight excluding hydrogens is 513 g/mol. The molecule has 3 aromatic rings. The van der Waals surface area contributed by atoms with E-state index >= 15 is 0 Å². The summed E-state index contributed by atoms with van der Waals surface area (Å²) in [4.78, 5) is 4.33. The molecule has 11 heteroatoms. The number of rotatable bonds is 7. The van der Waals surface area contributed by atoms with Gasteiger partial charge >= 0.3 is 0 Å². The minimum atomic E-state index is -1.29. The summed E-state index contributed by atoms with van der Waals surface area (Å²) in [5.74, 6) is 0.0798. The number of nitrogens with zero attached hydrogens (tertiary/aromatic N) is 4. The van der Waals surface area contributed by atoms with Gasteiger partial charge < -0.3 is 25.9 Å². The number of hydrogen-bond acceptors (Lipinski definition) is 8. The minimum Gasteiger partial charge on any atom is -0.482 e. The third-order valence-corrected chi connectivity index (χ3v) is 8.34. The molecule has 1 atom stereocenters. The molecule has 0 amide bonds. The molecule has 0 spiro atoms. The summed E-state index contributed by atoms with van der Waals surface area (Å²) >= 11 is 0. The average Bonchev–Trinajstić information content (AvgIpc) is 3.24. The van der Waals surface area contributed by atoms with Crippen molar-refractivity contribution < 1.29 is 13.9 Å². The molecule has 0 fully saturated rings. The van der Waals surface area contributed by atoms with Gasteiger partial charge in [-0.05, 0) is 42.8 Å². The molecule has 0 radical (unpaired) electrons. The van der Waals surface area contributed by atoms with Crippen LogP contribution in [0, 0.1) is 22.6 Å². The lowest BCUT2D eigenvalue weighted by molar-refractivity contribution is 0.0777. The molecule has 4 rings (SSSR count). The van der Waals surface area contributed by atoms with Crippen LogP contribution in [-0.4, -0.2) is 42.7 Å². The van der Waals surface area contributed by atoms with Crippen molar-refractivity contribution in [2.24, 2.45) is 0 Å². The van der Waals surface area contributed by atoms with Crippen molar-refractivity contribution in [2.45, 2.75) is 51.9 Å². The molecule has 1 aliphatic rings. The molecular formula is C28H34FN7O2Si. The van der Waals surface area contributed by atoms with Crippen LogP contribution in [0.2, 0.25) is 25.7 Å². The van der Waals surface area contributed by atoms with E-state index in [4.69, 9.17) is 25.7 Å². The molecule has 204 valence electrons. The number of pyridine rings is 1. The van der Waals surface area contributed by atoms with Crippen LogP contribution in [0.25, 0.3) is 16.8 Å². The standard InChI is InChI=1S/C28H34FN7O2Si/c1-17-22-12-20(29)6-7-21(22)27(33-2)18(13-30)10-23-26(19-11-25(38-17)28(32)34-15-19)24(14-31)36(35-23)16-37-8-9-39(3,4)5/h6-7,11-13,15,17,30,33H,8-10,16H2,1-5H3,(H2,32,34)/b27-18-,30-13?. The fourth-order valence-electron chi connectivity index (χ4n) is 4.57. The number of nitrogen functional groups attached to an aromatic ring is 1. The maximum atomic E-state index is 14.4. The van der Waals surface area contributed by atoms with Crippen molar-refractivity contribution in [3.63, 3.8) is 0 Å². The normalized spacial score (nSPS) is 17.1. The Morgan fingerprint density at radius 2 is 2.13 bits per heavy atom. The van der Waals surface area contributed by atoms with Crippen LogP contribution in [0.5, 0.6) is 5.75 Å². The smallest absolute Gasteiger partial charge is 0.166 e. The van der Waals surface area contributed by atoms with Gasteiger partial charge in [0.1, 0.15) is 30.4 Å². The van der Waals surface area contributed by atoms with Gasteiger partial charge in [0, 0.05) is 68.5 Å². The van der Waals surface area contributed by atoms with E-state index in [-0.39, 0.29) is 19.0 Å². The highest BCUT2D eigenvalue weighted by Crippen LogP contribution is 2.37. The first-order valence-electron chi connectivity index (χ1n) is 12.8. The topological polar surface area (TPSA) is 135 Å². The van der Waals surface area contributed by atoms with Gasteiger partial charge in [-0.1, -0.05) is 19.6 Å². The Morgan fingerprint density at radius 3 is 2.79 bits per heavy atom. The summed E-state index contributed by atoms with van der Waals surface area (Å²) < 4.78 is 28.1. The lowest BCUT2D eigenvalue weighted by Crippen LogP contribution is -2.22. The van der Waals surface area contributed by atoms with Gasteiger partial charge in [0.2, 0.25) is 0 Å². The van der Waals surface area contributed by atoms with Crippen LogP contribution in [0.15, 0.2) is 36.0 Å². The van der Waals surface area contributed by atoms with Gasteiger partial charge in [-0.15, -0.1) is 0 Å². The molecule has 2 bridgehead atoms. The van der Waals surface area contributed by atoms with E-state index in [2.05, 4.69) is 36.0 Å². The van der Waals surface area contributed by atoms with E-state index in [1.165, 1.54) is 18.3 Å². The lowest BCUT2D eigenvalue weighted by atomic mass is 9.93. The number of nitrogens with two attached hydrogens (primary N) is 1. The molecule has 9 nitrogen and oxygen atoms in total. The highest BCUT2D eigenvalue weighted by atomic mass is 28.3. The summed E-state index contributed by atoms with van der Waals surface area (Å²) in [5.41, 5.74) is 10.7. The van der Waals surface area contributed by atoms with Gasteiger partial charge in [0.25, 0.3) is 0 Å². The van der Waals surface area contributed by atoms with Crippen LogP contribution in [0.3, 0.4) is 0 Å². The maximum absolute atomic E-state index is 14.4. The molecule has 2 aromatic heterocycles. The zero-order valence-corrected chi connectivity index (χ0v) is 23.9. The summed E-state index contributed by atoms with van der Waals surface area (Å²) in [6.45, 7) is 9.33. The predicted octanol–water partition coefficient (Wildman–Crippen LogP) is 5.13. The number of nitrogens with one attached hydrogen (secondary N) is 2. The summed E-state index contributed by atoms with van der Waals surface area (Å²) in [6, 6.07) is 9.46. The van der Waals surface area contributed by atoms with Crippen LogP contribution in [-0.2, 0) is 17.9 Å². The molecule has 0 saturated heterocycles. The van der Waals surface area contributed by atoms with Gasteiger partial charge in [-0.3, -0.25) is 0 Å². The van der Waals surface area contributed by atoms with Gasteiger partial charge in [0.15, 0.2) is 11.6 Å². The van der Waals surface area contributed by atoms with Crippen LogP contribution >= 0.6 is 0 Å². The molecule has 0 saturated carbocycles. The Bertz CT molecular complexity index is 1470. The zero-order chi connectivity index (χ0) is 28.3. The second-order valence-electron chi connectivity index (χ2n) is 10.7. The number of aromatic nitrogens is 3. The van der Waals surface area contributed by atoms with Crippen molar-refractivity contribution >= 4 is 25.8 Å². The Kier molecular flexibility index (Phi) is 8.18. The highest BCUT2D eigenvalue weighted by Gasteiger charge is 2.26. The first-order chi connectivity index (χ1) is 18.6. The number of ether oxygens (including phenoxy) is 2. The zero-order valence-electron chi connectivity index (χ0n) is 22.9. The van der Waals surface area contributed by atoms with E-state index in [9.17, 15) is 9.65 Å². The van der Waals surface area contributed by atoms with Crippen molar-refractivity contribution in [2.75, 3.05) is 19.4 Å². The molecule has 1 unspecified atom stereocenters. The second-order valence-corrected chi connectivity index (χ2v) is 16.3. The Morgan fingerprint density at radius 1 is 1.36 bits per heavy atom. The molecule has 1 aromatic carbocycles. The van der Waals surface area contributed by atoms with E-state index in [0.29, 0.717) is 57.3 Å². The van der Waals surface area contributed by atoms with E-state index in [1.54, 1.807) is 37.0 Å². The average molecular weight is 548 g/mol. The lowest BCUT2D eigenvalue weighted by Gasteiger charge is -2.23. The molecule has 4 N–H and O–H groups in total. The molecule has 3 heterocycles. The van der Waals surface area contributed by atoms with Gasteiger partial charge in [-0.25, -0.2) is 14.1 Å². The minimum absolute atomic E-state index is 0.119. The molecule has 1 aliphatic heterocycles. The van der Waals surface area contributed by atoms with E-state index < -0.39 is 20.0 Å². The molecule has 39 heavy (non-hydrogen) atoms. The summed E-state index contributed by atoms with van der Waals surface area (Å²) in [5, 5.41) is 26.4. The number of nitriles is 1. The fraction of sp³-hybridized carbons (Fsp3) is 0.357. The van der Waals surface area contributed by atoms with Crippen molar-refractivity contribution in [3.05, 3.63) is 64.4 Å². The Labute approximate surface area is 229 Å². The summed E-state index contributed by atoms with van der Waals surface area (Å²) in [7, 11) is 0.463. The first kappa shape index (κ1) is 28.0. The maximum Gasteiger partial charge on any atom is 0.166 e. The number of fused-ring (bicyclic) bond motifs is 5. The highest BCUT2D eigenvalue weighted by molar-refractivity contribution is 6.76. The van der Waals surface area contributed by atoms with Gasteiger partial charge in [-0.2, -0.15) is 10.4 Å². The summed E-state index contributed by atoms with van der Waals surface area (Å²) in [6.07, 6.45) is 2.47. The number of hydrogen-bond donors (Lipinski definition) is 3. The van der Waals surface area contributed by atoms with Crippen LogP contribution < -0.4 is 15.8 Å².